The molecule has 20 heavy (non-hydrogen) atoms. The van der Waals surface area contributed by atoms with Gasteiger partial charge in [0.05, 0.1) is 0 Å². The molecule has 1 aliphatic heterocycles. The number of nitrogens with zero attached hydrogens (tertiary/aromatic N) is 2. The summed E-state index contributed by atoms with van der Waals surface area (Å²) in [6.45, 7) is 3.61. The average Bonchev–Trinajstić information content (AvgIpc) is 2.49. The third kappa shape index (κ3) is 2.89. The quantitative estimate of drug-likeness (QED) is 0.812. The van der Waals surface area contributed by atoms with Crippen molar-refractivity contribution < 1.29 is 10.2 Å². The highest BCUT2D eigenvalue weighted by molar-refractivity contribution is 4.91. The Morgan fingerprint density at radius 2 is 0.800 bits per heavy atom. The maximum atomic E-state index is 10.8. The Labute approximate surface area is 122 Å². The van der Waals surface area contributed by atoms with E-state index in [0.717, 1.165) is 77.5 Å². The monoisotopic (exact) mass is 282 g/mol. The zero-order valence-corrected chi connectivity index (χ0v) is 12.7. The minimum absolute atomic E-state index is 0.556. The van der Waals surface area contributed by atoms with E-state index < -0.39 is 11.4 Å². The number of hydrogen-bond acceptors (Lipinski definition) is 4. The minimum atomic E-state index is -0.556. The zero-order chi connectivity index (χ0) is 14.1. The van der Waals surface area contributed by atoms with Crippen LogP contribution in [0.1, 0.15) is 64.2 Å². The summed E-state index contributed by atoms with van der Waals surface area (Å²) in [4.78, 5) is 4.55. The maximum absolute atomic E-state index is 10.8. The molecule has 0 amide bonds. The Balaban J connectivity index is 1.56. The van der Waals surface area contributed by atoms with Crippen LogP contribution in [0.3, 0.4) is 0 Å². The molecule has 4 nitrogen and oxygen atoms in total. The van der Waals surface area contributed by atoms with E-state index in [1.54, 1.807) is 0 Å². The van der Waals surface area contributed by atoms with Crippen molar-refractivity contribution >= 4 is 0 Å². The van der Waals surface area contributed by atoms with E-state index in [-0.39, 0.29) is 0 Å². The SMILES string of the molecule is OC1(N2CCN(C3(O)CCCCC3)CC2)CCCCC1. The predicted octanol–water partition coefficient (Wildman–Crippen LogP) is 1.91. The first-order valence-electron chi connectivity index (χ1n) is 8.57. The number of hydrogen-bond donors (Lipinski definition) is 2. The molecule has 3 fully saturated rings. The molecule has 0 unspecified atom stereocenters. The summed E-state index contributed by atoms with van der Waals surface area (Å²) in [5.41, 5.74) is -1.11. The van der Waals surface area contributed by atoms with E-state index in [4.69, 9.17) is 0 Å². The maximum Gasteiger partial charge on any atom is 0.118 e. The van der Waals surface area contributed by atoms with Gasteiger partial charge in [-0.1, -0.05) is 12.8 Å². The molecule has 1 saturated heterocycles. The molecule has 0 aromatic rings. The van der Waals surface area contributed by atoms with Crippen LogP contribution in [-0.4, -0.2) is 57.6 Å². The van der Waals surface area contributed by atoms with Gasteiger partial charge in [-0.15, -0.1) is 0 Å². The normalized spacial score (nSPS) is 32.1. The van der Waals surface area contributed by atoms with Crippen molar-refractivity contribution in [2.75, 3.05) is 26.2 Å². The van der Waals surface area contributed by atoms with Gasteiger partial charge in [-0.2, -0.15) is 0 Å². The molecule has 1 heterocycles. The minimum Gasteiger partial charge on any atom is -0.376 e. The Morgan fingerprint density at radius 3 is 1.10 bits per heavy atom. The van der Waals surface area contributed by atoms with E-state index >= 15 is 0 Å². The molecule has 0 spiro atoms. The van der Waals surface area contributed by atoms with Crippen LogP contribution < -0.4 is 0 Å². The van der Waals surface area contributed by atoms with Gasteiger partial charge in [-0.05, 0) is 51.4 Å². The third-order valence-electron chi connectivity index (χ3n) is 5.77. The van der Waals surface area contributed by atoms with Crippen LogP contribution in [0, 0.1) is 0 Å². The Kier molecular flexibility index (Phi) is 4.37. The smallest absolute Gasteiger partial charge is 0.118 e. The van der Waals surface area contributed by atoms with Gasteiger partial charge in [0.2, 0.25) is 0 Å². The number of rotatable bonds is 2. The third-order valence-corrected chi connectivity index (χ3v) is 5.77. The average molecular weight is 282 g/mol. The second kappa shape index (κ2) is 5.91. The van der Waals surface area contributed by atoms with Gasteiger partial charge in [-0.3, -0.25) is 9.80 Å². The van der Waals surface area contributed by atoms with Gasteiger partial charge in [0.15, 0.2) is 0 Å². The van der Waals surface area contributed by atoms with E-state index in [9.17, 15) is 10.2 Å². The first kappa shape index (κ1) is 14.8. The van der Waals surface area contributed by atoms with Gasteiger partial charge in [-0.25, -0.2) is 0 Å². The van der Waals surface area contributed by atoms with Crippen LogP contribution in [0.2, 0.25) is 0 Å². The molecule has 2 N–H and O–H groups in total. The van der Waals surface area contributed by atoms with Crippen molar-refractivity contribution in [3.63, 3.8) is 0 Å². The van der Waals surface area contributed by atoms with E-state index in [1.807, 2.05) is 0 Å². The summed E-state index contributed by atoms with van der Waals surface area (Å²) in [5, 5.41) is 21.6. The van der Waals surface area contributed by atoms with Gasteiger partial charge in [0.25, 0.3) is 0 Å². The first-order chi connectivity index (χ1) is 9.62. The molecule has 2 saturated carbocycles. The zero-order valence-electron chi connectivity index (χ0n) is 12.7. The highest BCUT2D eigenvalue weighted by atomic mass is 16.3. The Hall–Kier alpha value is -0.160. The van der Waals surface area contributed by atoms with Crippen LogP contribution in [-0.2, 0) is 0 Å². The van der Waals surface area contributed by atoms with Gasteiger partial charge < -0.3 is 10.2 Å². The van der Waals surface area contributed by atoms with Gasteiger partial charge in [0.1, 0.15) is 11.4 Å². The van der Waals surface area contributed by atoms with Crippen LogP contribution >= 0.6 is 0 Å². The lowest BCUT2D eigenvalue weighted by Crippen LogP contribution is -2.62. The van der Waals surface area contributed by atoms with E-state index in [2.05, 4.69) is 9.80 Å². The highest BCUT2D eigenvalue weighted by Gasteiger charge is 2.41. The van der Waals surface area contributed by atoms with Crippen molar-refractivity contribution in [2.45, 2.75) is 75.7 Å². The van der Waals surface area contributed by atoms with E-state index in [0.29, 0.717) is 0 Å². The van der Waals surface area contributed by atoms with Crippen LogP contribution in [0.4, 0.5) is 0 Å². The second-order valence-electron chi connectivity index (χ2n) is 7.06. The largest absolute Gasteiger partial charge is 0.376 e. The molecule has 4 heteroatoms. The molecule has 0 atom stereocenters. The second-order valence-corrected chi connectivity index (χ2v) is 7.06. The summed E-state index contributed by atoms with van der Waals surface area (Å²) in [7, 11) is 0. The standard InChI is InChI=1S/C16H30N2O2/c19-15(7-3-1-4-8-15)17-11-13-18(14-12-17)16(20)9-5-2-6-10-16/h19-20H,1-14H2. The van der Waals surface area contributed by atoms with Gasteiger partial charge >= 0.3 is 0 Å². The molecule has 3 aliphatic rings. The lowest BCUT2D eigenvalue weighted by atomic mass is 9.88. The molecule has 0 bridgehead atoms. The Bertz CT molecular complexity index is 282. The molecule has 0 aromatic heterocycles. The van der Waals surface area contributed by atoms with Crippen LogP contribution in [0.5, 0.6) is 0 Å². The Morgan fingerprint density at radius 1 is 0.500 bits per heavy atom. The molecular weight excluding hydrogens is 252 g/mol. The topological polar surface area (TPSA) is 46.9 Å². The fourth-order valence-corrected chi connectivity index (χ4v) is 4.41. The van der Waals surface area contributed by atoms with Crippen molar-refractivity contribution in [3.8, 4) is 0 Å². The van der Waals surface area contributed by atoms with Crippen molar-refractivity contribution in [3.05, 3.63) is 0 Å². The van der Waals surface area contributed by atoms with Gasteiger partial charge in [0, 0.05) is 26.2 Å². The van der Waals surface area contributed by atoms with Crippen molar-refractivity contribution in [1.29, 1.82) is 0 Å². The first-order valence-corrected chi connectivity index (χ1v) is 8.57. The molecule has 3 rings (SSSR count). The fourth-order valence-electron chi connectivity index (χ4n) is 4.41. The summed E-state index contributed by atoms with van der Waals surface area (Å²) < 4.78 is 0. The van der Waals surface area contributed by atoms with Crippen molar-refractivity contribution in [1.82, 2.24) is 9.80 Å². The van der Waals surface area contributed by atoms with Crippen LogP contribution in [0.15, 0.2) is 0 Å². The van der Waals surface area contributed by atoms with Crippen molar-refractivity contribution in [2.24, 2.45) is 0 Å². The molecule has 116 valence electrons. The predicted molar refractivity (Wildman–Crippen MR) is 79.2 cm³/mol. The molecule has 0 aromatic carbocycles. The molecule has 0 radical (unpaired) electrons. The number of aliphatic hydroxyl groups is 2. The number of piperazine rings is 1. The molecular formula is C16H30N2O2. The summed E-state index contributed by atoms with van der Waals surface area (Å²) in [6, 6.07) is 0. The molecule has 2 aliphatic carbocycles. The lowest BCUT2D eigenvalue weighted by molar-refractivity contribution is -0.185. The van der Waals surface area contributed by atoms with E-state index in [1.165, 1.54) is 12.8 Å². The summed E-state index contributed by atoms with van der Waals surface area (Å²) >= 11 is 0. The highest BCUT2D eigenvalue weighted by Crippen LogP contribution is 2.35. The summed E-state index contributed by atoms with van der Waals surface area (Å²) in [5.74, 6) is 0. The fraction of sp³-hybridized carbons (Fsp3) is 1.00. The summed E-state index contributed by atoms with van der Waals surface area (Å²) in [6.07, 6.45) is 10.9. The lowest BCUT2D eigenvalue weighted by Gasteiger charge is -2.50. The van der Waals surface area contributed by atoms with Crippen LogP contribution in [0.25, 0.3) is 0 Å².